The normalized spacial score (nSPS) is 24.5. The van der Waals surface area contributed by atoms with Crippen molar-refractivity contribution in [3.63, 3.8) is 0 Å². The summed E-state index contributed by atoms with van der Waals surface area (Å²) in [5, 5.41) is 14.5. The maximum Gasteiger partial charge on any atom is 0.251 e. The Bertz CT molecular complexity index is 801. The molecule has 2 aromatic rings. The highest BCUT2D eigenvalue weighted by atomic mass is 32.1. The minimum Gasteiger partial charge on any atom is -0.447 e. The first-order chi connectivity index (χ1) is 12.2. The number of nitrogens with one attached hydrogen (secondary N) is 1. The van der Waals surface area contributed by atoms with Crippen LogP contribution < -0.4 is 10.1 Å². The molecule has 3 saturated heterocycles. The largest absolute Gasteiger partial charge is 0.447 e. The summed E-state index contributed by atoms with van der Waals surface area (Å²) in [4.78, 5) is 14.9. The van der Waals surface area contributed by atoms with Crippen LogP contribution in [0.2, 0.25) is 0 Å². The number of carbonyl (C=O) groups excluding carboxylic acids is 1. The van der Waals surface area contributed by atoms with Gasteiger partial charge in [-0.2, -0.15) is 5.26 Å². The number of nitriles is 1. The summed E-state index contributed by atoms with van der Waals surface area (Å²) in [5.74, 6) is 1.25. The van der Waals surface area contributed by atoms with Crippen molar-refractivity contribution in [2.45, 2.75) is 18.9 Å². The van der Waals surface area contributed by atoms with E-state index in [9.17, 15) is 4.79 Å². The van der Waals surface area contributed by atoms with Crippen molar-refractivity contribution in [1.82, 2.24) is 10.2 Å². The minimum atomic E-state index is -0.0202. The molecule has 0 saturated carbocycles. The van der Waals surface area contributed by atoms with Gasteiger partial charge in [-0.1, -0.05) is 0 Å². The van der Waals surface area contributed by atoms with Gasteiger partial charge in [-0.15, -0.1) is 11.3 Å². The number of hydrogen-bond donors (Lipinski definition) is 1. The van der Waals surface area contributed by atoms with Crippen molar-refractivity contribution < 1.29 is 9.53 Å². The van der Waals surface area contributed by atoms with Crippen LogP contribution in [0.3, 0.4) is 0 Å². The lowest BCUT2D eigenvalue weighted by atomic mass is 9.84. The Labute approximate surface area is 150 Å². The van der Waals surface area contributed by atoms with E-state index in [-0.39, 0.29) is 11.9 Å². The summed E-state index contributed by atoms with van der Waals surface area (Å²) >= 11 is 1.38. The molecular weight excluding hydrogens is 334 g/mol. The van der Waals surface area contributed by atoms with E-state index in [1.165, 1.54) is 37.3 Å². The summed E-state index contributed by atoms with van der Waals surface area (Å²) in [6.45, 7) is 3.30. The second-order valence-corrected chi connectivity index (χ2v) is 7.48. The van der Waals surface area contributed by atoms with Gasteiger partial charge in [-0.3, -0.25) is 4.79 Å². The second kappa shape index (κ2) is 6.87. The van der Waals surface area contributed by atoms with Crippen LogP contribution in [0.4, 0.5) is 0 Å². The Balaban J connectivity index is 1.38. The van der Waals surface area contributed by atoms with Crippen LogP contribution in [0, 0.1) is 17.2 Å². The molecule has 1 unspecified atom stereocenters. The van der Waals surface area contributed by atoms with E-state index < -0.39 is 0 Å². The molecule has 2 bridgehead atoms. The van der Waals surface area contributed by atoms with Crippen LogP contribution in [0.15, 0.2) is 35.7 Å². The summed E-state index contributed by atoms with van der Waals surface area (Å²) in [6, 6.07) is 11.2. The summed E-state index contributed by atoms with van der Waals surface area (Å²) in [7, 11) is 0. The lowest BCUT2D eigenvalue weighted by molar-refractivity contribution is 0.0620. The van der Waals surface area contributed by atoms with Crippen LogP contribution in [-0.4, -0.2) is 36.5 Å². The fourth-order valence-corrected chi connectivity index (χ4v) is 4.30. The molecular formula is C19H19N3O2S. The van der Waals surface area contributed by atoms with Gasteiger partial charge in [0.05, 0.1) is 5.56 Å². The second-order valence-electron chi connectivity index (χ2n) is 6.61. The van der Waals surface area contributed by atoms with Crippen molar-refractivity contribution in [1.29, 1.82) is 5.26 Å². The number of piperidine rings is 3. The van der Waals surface area contributed by atoms with Crippen LogP contribution in [0.25, 0.3) is 0 Å². The maximum absolute atomic E-state index is 12.5. The first-order valence-corrected chi connectivity index (χ1v) is 9.39. The van der Waals surface area contributed by atoms with Gasteiger partial charge in [0.2, 0.25) is 0 Å². The first kappa shape index (κ1) is 16.1. The van der Waals surface area contributed by atoms with Crippen LogP contribution in [-0.2, 0) is 0 Å². The van der Waals surface area contributed by atoms with Gasteiger partial charge in [0.25, 0.3) is 5.91 Å². The van der Waals surface area contributed by atoms with E-state index in [1.807, 2.05) is 0 Å². The van der Waals surface area contributed by atoms with Gasteiger partial charge in [0.15, 0.2) is 5.06 Å². The van der Waals surface area contributed by atoms with Gasteiger partial charge in [-0.05, 0) is 56.1 Å². The third-order valence-corrected chi connectivity index (χ3v) is 5.82. The number of thiophene rings is 1. The number of ether oxygens (including phenoxy) is 1. The highest BCUT2D eigenvalue weighted by molar-refractivity contribution is 7.12. The molecule has 0 radical (unpaired) electrons. The molecule has 5 nitrogen and oxygen atoms in total. The standard InChI is InChI=1S/C19H19N3O2S/c20-10-13-9-18(25-12-13)24-16-3-1-15(2-4-16)19(23)21-17-11-22-7-5-14(17)6-8-22/h1-4,9,12,14,17H,5-8,11H2,(H,21,23). The SMILES string of the molecule is N#Cc1csc(Oc2ccc(C(=O)NC3CN4CCC3CC4)cc2)c1. The molecule has 1 aromatic carbocycles. The third kappa shape index (κ3) is 3.53. The zero-order valence-corrected chi connectivity index (χ0v) is 14.6. The smallest absolute Gasteiger partial charge is 0.251 e. The predicted molar refractivity (Wildman–Crippen MR) is 96.0 cm³/mol. The lowest BCUT2D eigenvalue weighted by Gasteiger charge is -2.44. The van der Waals surface area contributed by atoms with E-state index in [2.05, 4.69) is 16.3 Å². The molecule has 6 heteroatoms. The molecule has 3 aliphatic rings. The van der Waals surface area contributed by atoms with E-state index in [1.54, 1.807) is 35.7 Å². The molecule has 0 spiro atoms. The maximum atomic E-state index is 12.5. The molecule has 1 aromatic heterocycles. The van der Waals surface area contributed by atoms with E-state index >= 15 is 0 Å². The number of nitrogens with zero attached hydrogens (tertiary/aromatic N) is 2. The van der Waals surface area contributed by atoms with Gasteiger partial charge in [0.1, 0.15) is 11.8 Å². The minimum absolute atomic E-state index is 0.0202. The summed E-state index contributed by atoms with van der Waals surface area (Å²) < 4.78 is 5.71. The average Bonchev–Trinajstić information content (AvgIpc) is 3.11. The molecule has 3 aliphatic heterocycles. The molecule has 128 valence electrons. The Morgan fingerprint density at radius 2 is 2.04 bits per heavy atom. The predicted octanol–water partition coefficient (Wildman–Crippen LogP) is 3.24. The number of amides is 1. The highest BCUT2D eigenvalue weighted by Crippen LogP contribution is 2.29. The fraction of sp³-hybridized carbons (Fsp3) is 0.368. The quantitative estimate of drug-likeness (QED) is 0.916. The van der Waals surface area contributed by atoms with E-state index in [0.29, 0.717) is 27.9 Å². The Morgan fingerprint density at radius 1 is 1.28 bits per heavy atom. The molecule has 25 heavy (non-hydrogen) atoms. The Hall–Kier alpha value is -2.36. The number of hydrogen-bond acceptors (Lipinski definition) is 5. The van der Waals surface area contributed by atoms with Crippen molar-refractivity contribution in [2.24, 2.45) is 5.92 Å². The number of rotatable bonds is 4. The van der Waals surface area contributed by atoms with Gasteiger partial charge in [-0.25, -0.2) is 0 Å². The number of benzene rings is 1. The third-order valence-electron chi connectivity index (χ3n) is 5.01. The summed E-state index contributed by atoms with van der Waals surface area (Å²) in [5.41, 5.74) is 1.24. The zero-order chi connectivity index (χ0) is 17.2. The van der Waals surface area contributed by atoms with Crippen LogP contribution in [0.5, 0.6) is 10.8 Å². The van der Waals surface area contributed by atoms with Gasteiger partial charge >= 0.3 is 0 Å². The molecule has 0 aliphatic carbocycles. The van der Waals surface area contributed by atoms with Crippen molar-refractivity contribution in [3.8, 4) is 16.9 Å². The van der Waals surface area contributed by atoms with Crippen molar-refractivity contribution >= 4 is 17.2 Å². The first-order valence-electron chi connectivity index (χ1n) is 8.51. The highest BCUT2D eigenvalue weighted by Gasteiger charge is 2.34. The number of fused-ring (bicyclic) bond motifs is 3. The molecule has 1 amide bonds. The molecule has 1 N–H and O–H groups in total. The number of carbonyl (C=O) groups is 1. The van der Waals surface area contributed by atoms with E-state index in [4.69, 9.17) is 10.00 Å². The van der Waals surface area contributed by atoms with Crippen molar-refractivity contribution in [3.05, 3.63) is 46.8 Å². The zero-order valence-electron chi connectivity index (χ0n) is 13.8. The molecule has 1 atom stereocenters. The molecule has 4 heterocycles. The topological polar surface area (TPSA) is 65.4 Å². The van der Waals surface area contributed by atoms with Crippen molar-refractivity contribution in [2.75, 3.05) is 19.6 Å². The van der Waals surface area contributed by atoms with Gasteiger partial charge in [0, 0.05) is 29.6 Å². The Morgan fingerprint density at radius 3 is 2.64 bits per heavy atom. The van der Waals surface area contributed by atoms with Gasteiger partial charge < -0.3 is 15.0 Å². The molecule has 5 rings (SSSR count). The average molecular weight is 353 g/mol. The summed E-state index contributed by atoms with van der Waals surface area (Å²) in [6.07, 6.45) is 2.37. The fourth-order valence-electron chi connectivity index (χ4n) is 3.60. The monoisotopic (exact) mass is 353 g/mol. The van der Waals surface area contributed by atoms with Crippen LogP contribution >= 0.6 is 11.3 Å². The van der Waals surface area contributed by atoms with Crippen LogP contribution in [0.1, 0.15) is 28.8 Å². The lowest BCUT2D eigenvalue weighted by Crippen LogP contribution is -2.57. The molecule has 3 fully saturated rings. The Kier molecular flexibility index (Phi) is 4.43. The van der Waals surface area contributed by atoms with E-state index in [0.717, 1.165) is 6.54 Å².